The van der Waals surface area contributed by atoms with Gasteiger partial charge in [0.25, 0.3) is 5.91 Å². The number of carbonyl (C=O) groups excluding carboxylic acids is 1. The van der Waals surface area contributed by atoms with Crippen LogP contribution in [-0.4, -0.2) is 38.1 Å². The molecule has 0 aliphatic heterocycles. The lowest BCUT2D eigenvalue weighted by Crippen LogP contribution is -2.31. The van der Waals surface area contributed by atoms with E-state index in [-0.39, 0.29) is 10.7 Å². The minimum Gasteiger partial charge on any atom is -0.496 e. The molecule has 1 amide bonds. The first kappa shape index (κ1) is 14.0. The molecule has 1 rings (SSSR count). The van der Waals surface area contributed by atoms with Gasteiger partial charge >= 0.3 is 0 Å². The van der Waals surface area contributed by atoms with E-state index in [9.17, 15) is 4.79 Å². The third kappa shape index (κ3) is 4.36. The second kappa shape index (κ2) is 7.29. The van der Waals surface area contributed by atoms with Gasteiger partial charge in [0.1, 0.15) is 5.75 Å². The summed E-state index contributed by atoms with van der Waals surface area (Å²) in [5, 5.41) is 2.81. The highest BCUT2D eigenvalue weighted by molar-refractivity contribution is 9.09. The number of rotatable bonds is 6. The van der Waals surface area contributed by atoms with Crippen LogP contribution in [0.4, 0.5) is 0 Å². The molecule has 1 N–H and O–H groups in total. The van der Waals surface area contributed by atoms with E-state index in [1.807, 2.05) is 6.07 Å². The first-order valence-electron chi connectivity index (χ1n) is 5.23. The molecule has 4 nitrogen and oxygen atoms in total. The van der Waals surface area contributed by atoms with Crippen LogP contribution in [0.3, 0.4) is 0 Å². The van der Waals surface area contributed by atoms with Gasteiger partial charge in [-0.2, -0.15) is 0 Å². The highest BCUT2D eigenvalue weighted by Gasteiger charge is 2.12. The number of halogens is 1. The molecule has 0 heterocycles. The van der Waals surface area contributed by atoms with Crippen LogP contribution in [0.1, 0.15) is 10.4 Å². The second-order valence-corrected chi connectivity index (χ2v) is 4.76. The fraction of sp³-hybridized carbons (Fsp3) is 0.417. The Labute approximate surface area is 109 Å². The average Bonchev–Trinajstić information content (AvgIpc) is 2.36. The second-order valence-electron chi connectivity index (χ2n) is 3.46. The molecule has 0 fully saturated rings. The van der Waals surface area contributed by atoms with E-state index in [2.05, 4.69) is 21.2 Å². The summed E-state index contributed by atoms with van der Waals surface area (Å²) in [6.45, 7) is 1.05. The Balaban J connectivity index is 2.58. The number of para-hydroxylation sites is 1. The third-order valence-corrected chi connectivity index (χ3v) is 2.77. The largest absolute Gasteiger partial charge is 0.496 e. The molecule has 1 unspecified atom stereocenters. The maximum atomic E-state index is 11.9. The summed E-state index contributed by atoms with van der Waals surface area (Å²) in [5.74, 6) is 0.422. The number of benzene rings is 1. The predicted octanol–water partition coefficient (Wildman–Crippen LogP) is 1.83. The van der Waals surface area contributed by atoms with Crippen molar-refractivity contribution >= 4 is 21.8 Å². The summed E-state index contributed by atoms with van der Waals surface area (Å²) >= 11 is 3.40. The van der Waals surface area contributed by atoms with Crippen molar-refractivity contribution in [2.24, 2.45) is 0 Å². The monoisotopic (exact) mass is 301 g/mol. The van der Waals surface area contributed by atoms with Crippen LogP contribution >= 0.6 is 15.9 Å². The highest BCUT2D eigenvalue weighted by atomic mass is 79.9. The minimum atomic E-state index is -0.150. The van der Waals surface area contributed by atoms with Gasteiger partial charge in [0.2, 0.25) is 0 Å². The normalized spacial score (nSPS) is 11.9. The van der Waals surface area contributed by atoms with Crippen LogP contribution in [0.2, 0.25) is 0 Å². The molecular weight excluding hydrogens is 286 g/mol. The standard InChI is InChI=1S/C12H16BrNO3/c1-16-8-9(13)7-14-12(15)10-5-3-4-6-11(10)17-2/h3-6,9H,7-8H2,1-2H3,(H,14,15). The predicted molar refractivity (Wildman–Crippen MR) is 69.9 cm³/mol. The van der Waals surface area contributed by atoms with E-state index < -0.39 is 0 Å². The minimum absolute atomic E-state index is 0.103. The number of hydrogen-bond donors (Lipinski definition) is 1. The average molecular weight is 302 g/mol. The van der Waals surface area contributed by atoms with E-state index in [4.69, 9.17) is 9.47 Å². The summed E-state index contributed by atoms with van der Waals surface area (Å²) in [6, 6.07) is 7.12. The van der Waals surface area contributed by atoms with E-state index in [1.165, 1.54) is 0 Å². The van der Waals surface area contributed by atoms with E-state index >= 15 is 0 Å². The van der Waals surface area contributed by atoms with Crippen LogP contribution in [-0.2, 0) is 4.74 Å². The van der Waals surface area contributed by atoms with Crippen molar-refractivity contribution in [2.45, 2.75) is 4.83 Å². The SMILES string of the molecule is COCC(Br)CNC(=O)c1ccccc1OC. The van der Waals surface area contributed by atoms with Crippen LogP contribution in [0, 0.1) is 0 Å². The van der Waals surface area contributed by atoms with Crippen molar-refractivity contribution in [3.63, 3.8) is 0 Å². The summed E-state index contributed by atoms with van der Waals surface area (Å²) in [7, 11) is 3.17. The number of alkyl halides is 1. The Bertz CT molecular complexity index is 371. The molecular formula is C12H16BrNO3. The molecule has 0 bridgehead atoms. The number of carbonyl (C=O) groups is 1. The summed E-state index contributed by atoms with van der Waals surface area (Å²) in [5.41, 5.74) is 0.534. The fourth-order valence-electron chi connectivity index (χ4n) is 1.37. The number of amides is 1. The zero-order chi connectivity index (χ0) is 12.7. The topological polar surface area (TPSA) is 47.6 Å². The molecule has 94 valence electrons. The zero-order valence-corrected chi connectivity index (χ0v) is 11.5. The molecule has 0 aromatic heterocycles. The van der Waals surface area contributed by atoms with Crippen molar-refractivity contribution in [1.82, 2.24) is 5.32 Å². The highest BCUT2D eigenvalue weighted by Crippen LogP contribution is 2.16. The third-order valence-electron chi connectivity index (χ3n) is 2.18. The summed E-state index contributed by atoms with van der Waals surface area (Å²) in [6.07, 6.45) is 0. The lowest BCUT2D eigenvalue weighted by Gasteiger charge is -2.11. The molecule has 0 saturated heterocycles. The van der Waals surface area contributed by atoms with Gasteiger partial charge in [-0.25, -0.2) is 0 Å². The molecule has 0 saturated carbocycles. The van der Waals surface area contributed by atoms with Crippen LogP contribution in [0.15, 0.2) is 24.3 Å². The van der Waals surface area contributed by atoms with E-state index in [1.54, 1.807) is 32.4 Å². The van der Waals surface area contributed by atoms with Crippen molar-refractivity contribution in [3.8, 4) is 5.75 Å². The first-order chi connectivity index (χ1) is 8.19. The number of methoxy groups -OCH3 is 2. The van der Waals surface area contributed by atoms with Gasteiger partial charge in [-0.3, -0.25) is 4.79 Å². The van der Waals surface area contributed by atoms with E-state index in [0.717, 1.165) is 0 Å². The Morgan fingerprint density at radius 3 is 2.76 bits per heavy atom. The molecule has 17 heavy (non-hydrogen) atoms. The van der Waals surface area contributed by atoms with Gasteiger partial charge in [0, 0.05) is 13.7 Å². The van der Waals surface area contributed by atoms with Crippen LogP contribution in [0.25, 0.3) is 0 Å². The Kier molecular flexibility index (Phi) is 6.00. The molecule has 1 atom stereocenters. The number of ether oxygens (including phenoxy) is 2. The molecule has 0 aliphatic rings. The number of nitrogens with one attached hydrogen (secondary N) is 1. The van der Waals surface area contributed by atoms with Gasteiger partial charge < -0.3 is 14.8 Å². The lowest BCUT2D eigenvalue weighted by molar-refractivity contribution is 0.0947. The zero-order valence-electron chi connectivity index (χ0n) is 9.90. The maximum absolute atomic E-state index is 11.9. The maximum Gasteiger partial charge on any atom is 0.255 e. The summed E-state index contributed by atoms with van der Waals surface area (Å²) < 4.78 is 10.1. The lowest BCUT2D eigenvalue weighted by atomic mass is 10.2. The van der Waals surface area contributed by atoms with Gasteiger partial charge in [-0.15, -0.1) is 0 Å². The van der Waals surface area contributed by atoms with Crippen molar-refractivity contribution < 1.29 is 14.3 Å². The van der Waals surface area contributed by atoms with Crippen molar-refractivity contribution in [1.29, 1.82) is 0 Å². The Morgan fingerprint density at radius 1 is 1.41 bits per heavy atom. The smallest absolute Gasteiger partial charge is 0.255 e. The van der Waals surface area contributed by atoms with Gasteiger partial charge in [-0.1, -0.05) is 28.1 Å². The first-order valence-corrected chi connectivity index (χ1v) is 6.14. The van der Waals surface area contributed by atoms with Gasteiger partial charge in [0.05, 0.1) is 24.1 Å². The molecule has 5 heteroatoms. The molecule has 0 radical (unpaired) electrons. The Hall–Kier alpha value is -1.07. The molecule has 1 aromatic carbocycles. The fourth-order valence-corrected chi connectivity index (χ4v) is 1.80. The van der Waals surface area contributed by atoms with Crippen molar-refractivity contribution in [2.75, 3.05) is 27.4 Å². The number of hydrogen-bond acceptors (Lipinski definition) is 3. The van der Waals surface area contributed by atoms with Gasteiger partial charge in [0.15, 0.2) is 0 Å². The molecule has 0 aliphatic carbocycles. The molecule has 1 aromatic rings. The van der Waals surface area contributed by atoms with Gasteiger partial charge in [-0.05, 0) is 12.1 Å². The quantitative estimate of drug-likeness (QED) is 0.816. The molecule has 0 spiro atoms. The van der Waals surface area contributed by atoms with E-state index in [0.29, 0.717) is 24.5 Å². The Morgan fingerprint density at radius 2 is 2.12 bits per heavy atom. The van der Waals surface area contributed by atoms with Crippen LogP contribution in [0.5, 0.6) is 5.75 Å². The van der Waals surface area contributed by atoms with Crippen molar-refractivity contribution in [3.05, 3.63) is 29.8 Å². The summed E-state index contributed by atoms with van der Waals surface area (Å²) in [4.78, 5) is 12.0. The van der Waals surface area contributed by atoms with Crippen LogP contribution < -0.4 is 10.1 Å².